The zero-order valence-corrected chi connectivity index (χ0v) is 26.8. The van der Waals surface area contributed by atoms with Crippen LogP contribution in [0.1, 0.15) is 63.5 Å². The third-order valence-corrected chi connectivity index (χ3v) is 7.46. The number of nitrogens with zero attached hydrogens (tertiary/aromatic N) is 2. The molecule has 3 N–H and O–H groups in total. The van der Waals surface area contributed by atoms with Crippen LogP contribution in [0.2, 0.25) is 15.1 Å². The van der Waals surface area contributed by atoms with Gasteiger partial charge in [0.05, 0.1) is 16.4 Å². The van der Waals surface area contributed by atoms with Crippen molar-refractivity contribution in [3.8, 4) is 16.9 Å². The number of hydrogen-bond acceptors (Lipinski definition) is 5. The number of rotatable bonds is 10. The summed E-state index contributed by atoms with van der Waals surface area (Å²) in [6.45, 7) is 11.0. The molecule has 0 radical (unpaired) electrons. The van der Waals surface area contributed by atoms with E-state index >= 15 is 0 Å². The maximum Gasteiger partial charge on any atom is 0.407 e. The first kappa shape index (κ1) is 33.2. The van der Waals surface area contributed by atoms with Gasteiger partial charge in [-0.1, -0.05) is 60.8 Å². The summed E-state index contributed by atoms with van der Waals surface area (Å²) in [6.07, 6.45) is 0.0754. The van der Waals surface area contributed by atoms with E-state index in [9.17, 15) is 14.4 Å². The highest BCUT2D eigenvalue weighted by molar-refractivity contribution is 6.35. The fraction of sp³-hybridized carbons (Fsp3) is 0.400. The van der Waals surface area contributed by atoms with Crippen molar-refractivity contribution in [1.29, 1.82) is 0 Å². The van der Waals surface area contributed by atoms with Gasteiger partial charge in [0.2, 0.25) is 5.91 Å². The molecule has 12 heteroatoms. The van der Waals surface area contributed by atoms with Gasteiger partial charge in [-0.15, -0.1) is 0 Å². The minimum Gasteiger partial charge on any atom is -0.444 e. The molecule has 0 aliphatic heterocycles. The van der Waals surface area contributed by atoms with Crippen molar-refractivity contribution in [2.24, 2.45) is 0 Å². The Morgan fingerprint density at radius 3 is 2.07 bits per heavy atom. The predicted octanol–water partition coefficient (Wildman–Crippen LogP) is 6.74. The summed E-state index contributed by atoms with van der Waals surface area (Å²) in [5.41, 5.74) is 0.812. The molecule has 0 unspecified atom stereocenters. The maximum atomic E-state index is 13.8. The fourth-order valence-electron chi connectivity index (χ4n) is 4.39. The number of aromatic nitrogens is 2. The predicted molar refractivity (Wildman–Crippen MR) is 167 cm³/mol. The summed E-state index contributed by atoms with van der Waals surface area (Å²) in [5, 5.41) is 14.4. The molecule has 9 nitrogen and oxygen atoms in total. The lowest BCUT2D eigenvalue weighted by Crippen LogP contribution is -2.59. The van der Waals surface area contributed by atoms with E-state index in [0.29, 0.717) is 44.9 Å². The lowest BCUT2D eigenvalue weighted by Gasteiger charge is -2.31. The Kier molecular flexibility index (Phi) is 10.9. The highest BCUT2D eigenvalue weighted by Gasteiger charge is 2.38. The van der Waals surface area contributed by atoms with Crippen LogP contribution >= 0.6 is 34.8 Å². The van der Waals surface area contributed by atoms with Crippen LogP contribution in [0.25, 0.3) is 16.9 Å². The molecule has 0 aliphatic rings. The number of halogens is 3. The molecule has 1 aromatic heterocycles. The van der Waals surface area contributed by atoms with Gasteiger partial charge in [-0.2, -0.15) is 5.10 Å². The molecule has 1 heterocycles. The zero-order chi connectivity index (χ0) is 31.2. The monoisotopic (exact) mass is 635 g/mol. The summed E-state index contributed by atoms with van der Waals surface area (Å²) in [5.74, 6) is -0.889. The third-order valence-electron chi connectivity index (χ3n) is 6.67. The quantitative estimate of drug-likeness (QED) is 0.213. The van der Waals surface area contributed by atoms with E-state index < -0.39 is 23.1 Å². The average molecular weight is 637 g/mol. The molecule has 3 amide bonds. The first-order valence-corrected chi connectivity index (χ1v) is 14.7. The van der Waals surface area contributed by atoms with Crippen molar-refractivity contribution >= 4 is 52.7 Å². The molecule has 0 aliphatic carbocycles. The van der Waals surface area contributed by atoms with E-state index in [1.165, 1.54) is 0 Å². The summed E-state index contributed by atoms with van der Waals surface area (Å²) < 4.78 is 6.80. The summed E-state index contributed by atoms with van der Waals surface area (Å²) in [6, 6.07) is 12.2. The van der Waals surface area contributed by atoms with Crippen molar-refractivity contribution < 1.29 is 19.1 Å². The van der Waals surface area contributed by atoms with Crippen LogP contribution in [0.5, 0.6) is 0 Å². The highest BCUT2D eigenvalue weighted by atomic mass is 35.5. The van der Waals surface area contributed by atoms with E-state index in [2.05, 4.69) is 21.0 Å². The standard InChI is InChI=1S/C30H36Cl3N5O4/c1-7-30(8-2,27(40)34-15-16-35-28(41)42-29(4,5)6)36-26(39)24-18(3)25(19-9-11-20(31)12-10-19)38(37-24)23-14-13-21(32)17-22(23)33/h9-14,17H,7-8,15-16H2,1-6H3,(H,34,40)(H,35,41)(H,36,39). The third kappa shape index (κ3) is 7.96. The molecule has 2 aromatic carbocycles. The largest absolute Gasteiger partial charge is 0.444 e. The van der Waals surface area contributed by atoms with E-state index in [-0.39, 0.29) is 24.7 Å². The smallest absolute Gasteiger partial charge is 0.407 e. The van der Waals surface area contributed by atoms with Crippen LogP contribution in [0.3, 0.4) is 0 Å². The van der Waals surface area contributed by atoms with Gasteiger partial charge in [0.15, 0.2) is 5.69 Å². The van der Waals surface area contributed by atoms with Crippen LogP contribution in [0.4, 0.5) is 4.79 Å². The second-order valence-corrected chi connectivity index (χ2v) is 12.0. The maximum absolute atomic E-state index is 13.8. The average Bonchev–Trinajstić information content (AvgIpc) is 3.25. The molecule has 0 atom stereocenters. The molecule has 42 heavy (non-hydrogen) atoms. The number of amides is 3. The Morgan fingerprint density at radius 1 is 0.905 bits per heavy atom. The van der Waals surface area contributed by atoms with Crippen LogP contribution in [-0.2, 0) is 9.53 Å². The first-order valence-electron chi connectivity index (χ1n) is 13.6. The van der Waals surface area contributed by atoms with Gasteiger partial charge >= 0.3 is 6.09 Å². The van der Waals surface area contributed by atoms with Crippen molar-refractivity contribution in [2.45, 2.75) is 65.5 Å². The molecular weight excluding hydrogens is 601 g/mol. The lowest BCUT2D eigenvalue weighted by molar-refractivity contribution is -0.127. The van der Waals surface area contributed by atoms with Crippen molar-refractivity contribution in [1.82, 2.24) is 25.7 Å². The Balaban J connectivity index is 1.89. The number of nitrogens with one attached hydrogen (secondary N) is 3. The van der Waals surface area contributed by atoms with E-state index in [4.69, 9.17) is 39.5 Å². The normalized spacial score (nSPS) is 11.6. The van der Waals surface area contributed by atoms with Crippen molar-refractivity contribution in [3.05, 3.63) is 68.8 Å². The summed E-state index contributed by atoms with van der Waals surface area (Å²) >= 11 is 18.8. The Labute approximate surface area is 261 Å². The van der Waals surface area contributed by atoms with Crippen LogP contribution in [-0.4, -0.2) is 51.9 Å². The molecule has 0 saturated heterocycles. The van der Waals surface area contributed by atoms with Gasteiger partial charge in [0.1, 0.15) is 11.1 Å². The molecule has 0 bridgehead atoms. The second kappa shape index (κ2) is 13.8. The van der Waals surface area contributed by atoms with Gasteiger partial charge in [0, 0.05) is 34.3 Å². The van der Waals surface area contributed by atoms with Crippen LogP contribution in [0.15, 0.2) is 42.5 Å². The molecule has 0 fully saturated rings. The van der Waals surface area contributed by atoms with E-state index in [1.807, 2.05) is 26.0 Å². The van der Waals surface area contributed by atoms with Gasteiger partial charge in [0.25, 0.3) is 5.91 Å². The van der Waals surface area contributed by atoms with Crippen molar-refractivity contribution in [3.63, 3.8) is 0 Å². The number of alkyl carbamates (subject to hydrolysis) is 1. The molecule has 3 aromatic rings. The van der Waals surface area contributed by atoms with Gasteiger partial charge in [-0.25, -0.2) is 9.48 Å². The molecule has 3 rings (SSSR count). The Morgan fingerprint density at radius 2 is 1.50 bits per heavy atom. The topological polar surface area (TPSA) is 114 Å². The van der Waals surface area contributed by atoms with E-state index in [1.54, 1.807) is 62.7 Å². The highest BCUT2D eigenvalue weighted by Crippen LogP contribution is 2.33. The Bertz CT molecular complexity index is 1440. The van der Waals surface area contributed by atoms with Gasteiger partial charge in [-0.05, 0) is 70.9 Å². The zero-order valence-electron chi connectivity index (χ0n) is 24.5. The minimum atomic E-state index is -1.21. The first-order chi connectivity index (χ1) is 19.7. The second-order valence-electron chi connectivity index (χ2n) is 10.8. The van der Waals surface area contributed by atoms with Gasteiger partial charge in [-0.3, -0.25) is 9.59 Å². The van der Waals surface area contributed by atoms with Crippen molar-refractivity contribution in [2.75, 3.05) is 13.1 Å². The number of carbonyl (C=O) groups is 3. The number of hydrogen-bond donors (Lipinski definition) is 3. The van der Waals surface area contributed by atoms with Crippen LogP contribution in [0, 0.1) is 6.92 Å². The number of ether oxygens (including phenoxy) is 1. The Hall–Kier alpha value is -3.27. The SMILES string of the molecule is CCC(CC)(NC(=O)c1nn(-c2ccc(Cl)cc2Cl)c(-c2ccc(Cl)cc2)c1C)C(=O)NCCNC(=O)OC(C)(C)C. The molecular formula is C30H36Cl3N5O4. The summed E-state index contributed by atoms with van der Waals surface area (Å²) in [4.78, 5) is 39.0. The number of carbonyl (C=O) groups excluding carboxylic acids is 3. The summed E-state index contributed by atoms with van der Waals surface area (Å²) in [7, 11) is 0. The lowest BCUT2D eigenvalue weighted by atomic mass is 9.91. The fourth-order valence-corrected chi connectivity index (χ4v) is 5.01. The minimum absolute atomic E-state index is 0.136. The molecule has 0 saturated carbocycles. The molecule has 226 valence electrons. The number of benzene rings is 2. The van der Waals surface area contributed by atoms with E-state index in [0.717, 1.165) is 5.56 Å². The van der Waals surface area contributed by atoms with Gasteiger partial charge < -0.3 is 20.7 Å². The van der Waals surface area contributed by atoms with Crippen LogP contribution < -0.4 is 16.0 Å². The molecule has 0 spiro atoms.